The summed E-state index contributed by atoms with van der Waals surface area (Å²) in [5.74, 6) is -1.69. The summed E-state index contributed by atoms with van der Waals surface area (Å²) in [7, 11) is 2.99. The molecular weight excluding hydrogens is 1160 g/mol. The molecule has 3 N–H and O–H groups in total. The van der Waals surface area contributed by atoms with E-state index in [2.05, 4.69) is 35.4 Å². The van der Waals surface area contributed by atoms with Gasteiger partial charge in [-0.25, -0.2) is 14.6 Å². The molecule has 0 saturated heterocycles. The summed E-state index contributed by atoms with van der Waals surface area (Å²) in [5, 5.41) is 28.0. The van der Waals surface area contributed by atoms with Gasteiger partial charge in [-0.3, -0.25) is 32.4 Å². The number of nitrogens with zero attached hydrogens (tertiary/aromatic N) is 8. The van der Waals surface area contributed by atoms with Gasteiger partial charge in [0.15, 0.2) is 27.1 Å². The van der Waals surface area contributed by atoms with Gasteiger partial charge in [-0.15, -0.1) is 26.3 Å². The van der Waals surface area contributed by atoms with Crippen molar-refractivity contribution in [1.82, 2.24) is 37.4 Å². The summed E-state index contributed by atoms with van der Waals surface area (Å²) >= 11 is 26.6. The summed E-state index contributed by atoms with van der Waals surface area (Å²) in [5.41, 5.74) is 0.0980. The molecule has 18 nitrogen and oxygen atoms in total. The Balaban J connectivity index is 0.000000206. The van der Waals surface area contributed by atoms with Crippen LogP contribution in [0.2, 0.25) is 20.1 Å². The predicted molar refractivity (Wildman–Crippen MR) is 269 cm³/mol. The molecule has 29 heteroatoms. The zero-order chi connectivity index (χ0) is 55.1. The van der Waals surface area contributed by atoms with Crippen LogP contribution < -0.4 is 36.7 Å². The van der Waals surface area contributed by atoms with Crippen molar-refractivity contribution in [2.75, 3.05) is 13.2 Å². The van der Waals surface area contributed by atoms with E-state index in [1.54, 1.807) is 48.0 Å². The van der Waals surface area contributed by atoms with Gasteiger partial charge >= 0.3 is 30.1 Å². The third kappa shape index (κ3) is 14.9. The normalized spacial score (nSPS) is 11.6. The number of fused-ring (bicyclic) bond motifs is 2. The van der Waals surface area contributed by atoms with Gasteiger partial charge in [0.25, 0.3) is 11.1 Å². The van der Waals surface area contributed by atoms with Crippen LogP contribution in [0.4, 0.5) is 26.3 Å². The van der Waals surface area contributed by atoms with Crippen LogP contribution >= 0.6 is 62.3 Å². The van der Waals surface area contributed by atoms with E-state index >= 15 is 0 Å². The lowest BCUT2D eigenvalue weighted by Crippen LogP contribution is -2.39. The molecular formula is C46H39BrCl4F6N8O10. The molecule has 0 aliphatic rings. The number of imidazole rings is 2. The smallest absolute Gasteiger partial charge is 0.508 e. The third-order valence-corrected chi connectivity index (χ3v) is 11.9. The molecule has 75 heavy (non-hydrogen) atoms. The zero-order valence-corrected chi connectivity index (χ0v) is 43.3. The average molecular weight is 1200 g/mol. The highest BCUT2D eigenvalue weighted by atomic mass is 79.9. The Morgan fingerprint density at radius 1 is 0.560 bits per heavy atom. The first-order valence-corrected chi connectivity index (χ1v) is 23.8. The lowest BCUT2D eigenvalue weighted by Gasteiger charge is -2.13. The van der Waals surface area contributed by atoms with Crippen molar-refractivity contribution in [1.29, 1.82) is 0 Å². The predicted octanol–water partition coefficient (Wildman–Crippen LogP) is 9.01. The average Bonchev–Trinajstić information content (AvgIpc) is 3.84. The minimum atomic E-state index is -4.96. The van der Waals surface area contributed by atoms with Crippen LogP contribution in [0.3, 0.4) is 0 Å². The van der Waals surface area contributed by atoms with Gasteiger partial charge in [0.2, 0.25) is 0 Å². The number of hydrogen-bond donors (Lipinski definition) is 3. The number of phenolic OH excluding ortho intramolecular Hbond substituents is 1. The van der Waals surface area contributed by atoms with Crippen LogP contribution in [0, 0.1) is 0 Å². The van der Waals surface area contributed by atoms with Crippen LogP contribution in [-0.4, -0.2) is 78.6 Å². The van der Waals surface area contributed by atoms with Crippen LogP contribution in [0.5, 0.6) is 29.0 Å². The van der Waals surface area contributed by atoms with Crippen LogP contribution in [-0.2, 0) is 40.3 Å². The molecule has 0 unspecified atom stereocenters. The Labute approximate surface area is 446 Å². The van der Waals surface area contributed by atoms with Gasteiger partial charge < -0.3 is 34.1 Å². The summed E-state index contributed by atoms with van der Waals surface area (Å²) in [6.45, 7) is 0.240. The molecule has 0 bridgehead atoms. The SMILES string of the molecule is Cn1c(=O)n(CCCO)c(=O)c2c1nc(Br)n2Cc1ccc(Cl)cc1.Cn1c(=O)n(CCCO)c(=O)c2c1nc(Oc1cc(Cl)cc(OC(F)(F)F)c1)n2Cc1ccc(Cl)cc1.Oc1cc(Cl)cc(OC(F)(F)F)c1. The van der Waals surface area contributed by atoms with Gasteiger partial charge in [0, 0.05) is 72.6 Å². The van der Waals surface area contributed by atoms with Gasteiger partial charge in [-0.2, -0.15) is 4.98 Å². The summed E-state index contributed by atoms with van der Waals surface area (Å²) in [6, 6.07) is 19.8. The first kappa shape index (κ1) is 57.8. The third-order valence-electron chi connectivity index (χ3n) is 10.3. The number of aromatic hydroxyl groups is 1. The lowest BCUT2D eigenvalue weighted by atomic mass is 10.2. The second-order valence-electron chi connectivity index (χ2n) is 15.8. The highest BCUT2D eigenvalue weighted by molar-refractivity contribution is 9.10. The topological polar surface area (TPSA) is 212 Å². The number of alkyl halides is 6. The van der Waals surface area contributed by atoms with Gasteiger partial charge in [0.05, 0.1) is 13.1 Å². The zero-order valence-electron chi connectivity index (χ0n) is 38.7. The highest BCUT2D eigenvalue weighted by Crippen LogP contribution is 2.34. The number of benzene rings is 4. The molecule has 400 valence electrons. The molecule has 4 aromatic carbocycles. The van der Waals surface area contributed by atoms with E-state index in [9.17, 15) is 50.6 Å². The minimum Gasteiger partial charge on any atom is -0.508 e. The van der Waals surface area contributed by atoms with Gasteiger partial charge in [-0.1, -0.05) is 70.7 Å². The Hall–Kier alpha value is -6.48. The molecule has 0 atom stereocenters. The van der Waals surface area contributed by atoms with E-state index < -0.39 is 46.7 Å². The number of ether oxygens (including phenoxy) is 3. The summed E-state index contributed by atoms with van der Waals surface area (Å²) < 4.78 is 94.6. The fraction of sp³-hybridized carbons (Fsp3) is 0.261. The van der Waals surface area contributed by atoms with Crippen molar-refractivity contribution in [2.45, 2.75) is 51.7 Å². The first-order chi connectivity index (χ1) is 35.3. The minimum absolute atomic E-state index is 0.00648. The Morgan fingerprint density at radius 3 is 1.43 bits per heavy atom. The van der Waals surface area contributed by atoms with Crippen molar-refractivity contribution in [3.8, 4) is 29.0 Å². The van der Waals surface area contributed by atoms with E-state index in [0.29, 0.717) is 44.5 Å². The van der Waals surface area contributed by atoms with Crippen molar-refractivity contribution in [3.05, 3.63) is 163 Å². The highest BCUT2D eigenvalue weighted by Gasteiger charge is 2.32. The van der Waals surface area contributed by atoms with Crippen molar-refractivity contribution >= 4 is 84.7 Å². The lowest BCUT2D eigenvalue weighted by molar-refractivity contribution is -0.275. The largest absolute Gasteiger partial charge is 0.573 e. The van der Waals surface area contributed by atoms with E-state index in [0.717, 1.165) is 49.6 Å². The molecule has 8 rings (SSSR count). The quantitative estimate of drug-likeness (QED) is 0.0688. The van der Waals surface area contributed by atoms with E-state index in [4.69, 9.17) is 61.4 Å². The Kier molecular flexibility index (Phi) is 18.8. The molecule has 0 saturated carbocycles. The molecule has 0 fully saturated rings. The van der Waals surface area contributed by atoms with Gasteiger partial charge in [0.1, 0.15) is 23.0 Å². The number of rotatable bonds is 14. The number of phenols is 1. The molecule has 0 aliphatic heterocycles. The maximum absolute atomic E-state index is 13.4. The van der Waals surface area contributed by atoms with E-state index in [1.165, 1.54) is 22.2 Å². The second kappa shape index (κ2) is 24.5. The Bertz CT molecular complexity index is 3560. The Morgan fingerprint density at radius 2 is 0.973 bits per heavy atom. The molecule has 0 spiro atoms. The number of halogens is 11. The van der Waals surface area contributed by atoms with E-state index in [1.807, 2.05) is 12.1 Å². The number of aromatic nitrogens is 8. The van der Waals surface area contributed by atoms with E-state index in [-0.39, 0.29) is 78.0 Å². The fourth-order valence-corrected chi connectivity index (χ4v) is 8.25. The number of aliphatic hydroxyl groups is 2. The van der Waals surface area contributed by atoms with Crippen LogP contribution in [0.15, 0.2) is 109 Å². The number of hydrogen-bond acceptors (Lipinski definition) is 12. The van der Waals surface area contributed by atoms with Crippen LogP contribution in [0.1, 0.15) is 24.0 Å². The molecule has 8 aromatic rings. The number of aliphatic hydroxyl groups excluding tert-OH is 2. The van der Waals surface area contributed by atoms with Crippen molar-refractivity contribution < 1.29 is 55.9 Å². The maximum Gasteiger partial charge on any atom is 0.573 e. The van der Waals surface area contributed by atoms with Crippen LogP contribution in [0.25, 0.3) is 22.3 Å². The second-order valence-corrected chi connectivity index (χ2v) is 18.2. The summed E-state index contributed by atoms with van der Waals surface area (Å²) in [4.78, 5) is 60.0. The molecule has 4 aromatic heterocycles. The summed E-state index contributed by atoms with van der Waals surface area (Å²) in [6.07, 6.45) is -9.24. The van der Waals surface area contributed by atoms with Gasteiger partial charge in [-0.05, 0) is 88.4 Å². The fourth-order valence-electron chi connectivity index (χ4n) is 7.10. The molecule has 0 aliphatic carbocycles. The van der Waals surface area contributed by atoms with Crippen molar-refractivity contribution in [3.63, 3.8) is 0 Å². The van der Waals surface area contributed by atoms with Crippen molar-refractivity contribution in [2.24, 2.45) is 14.1 Å². The first-order valence-electron chi connectivity index (χ1n) is 21.5. The molecule has 4 heterocycles. The monoisotopic (exact) mass is 1200 g/mol. The standard InChI is InChI=1S/C23H19Cl2F3N4O5.C16H16BrClN4O3.C7H4ClF3O2/c1-30-19-18(20(34)31(22(30)35)7-2-8-33)32(12-13-3-5-14(24)6-4-13)21(29-19)36-16-9-15(25)10-17(11-16)37-23(26,27)28;1-20-13-12(14(24)21(16(20)25)7-2-8-23)22(15(17)19-13)9-10-3-5-11(18)6-4-10;8-4-1-5(12)3-6(2-4)13-7(9,10)11/h3-6,9-11,33H,2,7-8,12H2,1H3;3-6,23H,2,7-9H2,1H3;1-3,12H. The molecule has 0 amide bonds. The number of aryl methyl sites for hydroxylation is 2. The maximum atomic E-state index is 13.4. The molecule has 0 radical (unpaired) electrons.